The minimum absolute atomic E-state index is 0.298. The van der Waals surface area contributed by atoms with Gasteiger partial charge in [-0.1, -0.05) is 19.1 Å². The van der Waals surface area contributed by atoms with Crippen molar-refractivity contribution in [3.8, 4) is 5.75 Å². The van der Waals surface area contributed by atoms with Crippen molar-refractivity contribution in [1.29, 1.82) is 0 Å². The molecule has 0 N–H and O–H groups in total. The quantitative estimate of drug-likeness (QED) is 0.781. The summed E-state index contributed by atoms with van der Waals surface area (Å²) in [6.07, 6.45) is 5.89. The van der Waals surface area contributed by atoms with Crippen molar-refractivity contribution in [2.45, 2.75) is 51.6 Å². The molecule has 1 amide bonds. The molecular weight excluding hydrogens is 350 g/mol. The molecule has 0 atom stereocenters. The Labute approximate surface area is 169 Å². The topological polar surface area (TPSA) is 36.0 Å². The summed E-state index contributed by atoms with van der Waals surface area (Å²) in [6, 6.07) is 7.07. The molecular formula is C23H35N3O2. The van der Waals surface area contributed by atoms with Gasteiger partial charge in [0, 0.05) is 52.2 Å². The van der Waals surface area contributed by atoms with E-state index >= 15 is 0 Å². The van der Waals surface area contributed by atoms with E-state index < -0.39 is 0 Å². The molecule has 5 heteroatoms. The number of amides is 1. The van der Waals surface area contributed by atoms with E-state index in [4.69, 9.17) is 4.74 Å². The van der Waals surface area contributed by atoms with E-state index in [1.165, 1.54) is 36.8 Å². The van der Waals surface area contributed by atoms with Crippen LogP contribution >= 0.6 is 0 Å². The molecule has 1 saturated heterocycles. The summed E-state index contributed by atoms with van der Waals surface area (Å²) < 4.78 is 5.61. The zero-order chi connectivity index (χ0) is 19.5. The predicted molar refractivity (Wildman–Crippen MR) is 112 cm³/mol. The van der Waals surface area contributed by atoms with Gasteiger partial charge in [0.15, 0.2) is 0 Å². The number of nitrogens with zero attached hydrogens (tertiary/aromatic N) is 3. The lowest BCUT2D eigenvalue weighted by Crippen LogP contribution is -2.50. The summed E-state index contributed by atoms with van der Waals surface area (Å²) in [5.41, 5.74) is 2.72. The molecule has 0 unspecified atom stereocenters. The van der Waals surface area contributed by atoms with Gasteiger partial charge in [-0.05, 0) is 48.8 Å². The number of hydrogen-bond acceptors (Lipinski definition) is 4. The van der Waals surface area contributed by atoms with Crippen molar-refractivity contribution < 1.29 is 9.53 Å². The van der Waals surface area contributed by atoms with Gasteiger partial charge >= 0.3 is 0 Å². The van der Waals surface area contributed by atoms with E-state index in [2.05, 4.69) is 34.9 Å². The zero-order valence-corrected chi connectivity index (χ0v) is 17.5. The largest absolute Gasteiger partial charge is 0.493 e. The van der Waals surface area contributed by atoms with E-state index in [0.29, 0.717) is 18.5 Å². The lowest BCUT2D eigenvalue weighted by molar-refractivity contribution is -0.134. The smallest absolute Gasteiger partial charge is 0.236 e. The number of likely N-dealkylation sites (N-methyl/N-ethyl adjacent to an activating group) is 1. The Morgan fingerprint density at radius 1 is 1.11 bits per heavy atom. The number of fused-ring (bicyclic) bond motifs is 1. The molecule has 0 spiro atoms. The van der Waals surface area contributed by atoms with Crippen molar-refractivity contribution in [3.05, 3.63) is 29.3 Å². The maximum absolute atomic E-state index is 12.7. The van der Waals surface area contributed by atoms with Crippen LogP contribution < -0.4 is 4.74 Å². The van der Waals surface area contributed by atoms with Gasteiger partial charge in [-0.25, -0.2) is 0 Å². The number of carbonyl (C=O) groups excluding carboxylic acids is 1. The van der Waals surface area contributed by atoms with Crippen molar-refractivity contribution in [2.24, 2.45) is 5.92 Å². The molecule has 5 nitrogen and oxygen atoms in total. The van der Waals surface area contributed by atoms with Crippen molar-refractivity contribution >= 4 is 5.91 Å². The van der Waals surface area contributed by atoms with E-state index in [-0.39, 0.29) is 0 Å². The van der Waals surface area contributed by atoms with Crippen LogP contribution in [0.2, 0.25) is 0 Å². The second-order valence-corrected chi connectivity index (χ2v) is 9.01. The van der Waals surface area contributed by atoms with Crippen molar-refractivity contribution in [1.82, 2.24) is 14.7 Å². The Morgan fingerprint density at radius 2 is 1.82 bits per heavy atom. The molecule has 2 heterocycles. The highest BCUT2D eigenvalue weighted by atomic mass is 16.5. The third kappa shape index (κ3) is 4.69. The van der Waals surface area contributed by atoms with Gasteiger partial charge in [0.05, 0.1) is 13.2 Å². The van der Waals surface area contributed by atoms with Crippen LogP contribution in [0.4, 0.5) is 0 Å². The monoisotopic (exact) mass is 385 g/mol. The normalized spacial score (nSPS) is 25.9. The summed E-state index contributed by atoms with van der Waals surface area (Å²) in [4.78, 5) is 19.6. The summed E-state index contributed by atoms with van der Waals surface area (Å²) in [5, 5.41) is 0. The fourth-order valence-corrected chi connectivity index (χ4v) is 4.84. The van der Waals surface area contributed by atoms with E-state index in [0.717, 1.165) is 57.4 Å². The predicted octanol–water partition coefficient (Wildman–Crippen LogP) is 2.78. The first-order valence-electron chi connectivity index (χ1n) is 11.0. The molecule has 1 aliphatic carbocycles. The second kappa shape index (κ2) is 8.83. The highest BCUT2D eigenvalue weighted by Gasteiger charge is 2.27. The Balaban J connectivity index is 1.21. The average Bonchev–Trinajstić information content (AvgIpc) is 3.17. The van der Waals surface area contributed by atoms with Gasteiger partial charge in [-0.3, -0.25) is 14.6 Å². The van der Waals surface area contributed by atoms with Crippen LogP contribution in [0.25, 0.3) is 0 Å². The third-order valence-electron chi connectivity index (χ3n) is 6.91. The molecule has 0 aromatic heterocycles. The number of rotatable bonds is 5. The lowest BCUT2D eigenvalue weighted by Gasteiger charge is -2.37. The highest BCUT2D eigenvalue weighted by Crippen LogP contribution is 2.27. The first kappa shape index (κ1) is 19.7. The number of ether oxygens (including phenoxy) is 1. The minimum Gasteiger partial charge on any atom is -0.493 e. The molecule has 154 valence electrons. The molecule has 3 aliphatic rings. The molecule has 28 heavy (non-hydrogen) atoms. The Kier molecular flexibility index (Phi) is 6.22. The highest BCUT2D eigenvalue weighted by molar-refractivity contribution is 5.78. The molecule has 2 aliphatic heterocycles. The molecule has 0 radical (unpaired) electrons. The van der Waals surface area contributed by atoms with Crippen LogP contribution in [0.3, 0.4) is 0 Å². The van der Waals surface area contributed by atoms with Crippen LogP contribution in [-0.4, -0.2) is 73.0 Å². The maximum atomic E-state index is 12.7. The Hall–Kier alpha value is -1.59. The van der Waals surface area contributed by atoms with Gasteiger partial charge in [0.2, 0.25) is 5.91 Å². The van der Waals surface area contributed by atoms with Gasteiger partial charge in [-0.15, -0.1) is 0 Å². The van der Waals surface area contributed by atoms with Gasteiger partial charge in [-0.2, -0.15) is 0 Å². The molecule has 4 rings (SSSR count). The first-order chi connectivity index (χ1) is 13.6. The minimum atomic E-state index is 0.298. The van der Waals surface area contributed by atoms with Gasteiger partial charge in [0.25, 0.3) is 0 Å². The standard InChI is InChI=1S/C23H35N3O2/c1-18-3-6-21(7-4-18)24(2)23(27)17-26-12-10-25(11-13-26)16-19-5-8-22-20(15-19)9-14-28-22/h5,8,15,18,21H,3-4,6-7,9-14,16-17H2,1-2H3. The van der Waals surface area contributed by atoms with Crippen LogP contribution in [0.15, 0.2) is 18.2 Å². The van der Waals surface area contributed by atoms with Crippen LogP contribution in [0.1, 0.15) is 43.7 Å². The van der Waals surface area contributed by atoms with E-state index in [9.17, 15) is 4.79 Å². The van der Waals surface area contributed by atoms with Crippen LogP contribution in [0.5, 0.6) is 5.75 Å². The zero-order valence-electron chi connectivity index (χ0n) is 17.5. The Morgan fingerprint density at radius 3 is 2.57 bits per heavy atom. The SMILES string of the molecule is CC1CCC(N(C)C(=O)CN2CCN(Cc3ccc4c(c3)CCO4)CC2)CC1. The summed E-state index contributed by atoms with van der Waals surface area (Å²) in [7, 11) is 2.01. The van der Waals surface area contributed by atoms with Crippen LogP contribution in [0, 0.1) is 5.92 Å². The summed E-state index contributed by atoms with van der Waals surface area (Å²) in [6.45, 7) is 8.75. The maximum Gasteiger partial charge on any atom is 0.236 e. The van der Waals surface area contributed by atoms with E-state index in [1.807, 2.05) is 11.9 Å². The second-order valence-electron chi connectivity index (χ2n) is 9.01. The lowest BCUT2D eigenvalue weighted by atomic mass is 9.87. The average molecular weight is 386 g/mol. The summed E-state index contributed by atoms with van der Waals surface area (Å²) in [5.74, 6) is 2.18. The third-order valence-corrected chi connectivity index (χ3v) is 6.91. The Bertz CT molecular complexity index is 676. The number of carbonyl (C=O) groups is 1. The van der Waals surface area contributed by atoms with Crippen molar-refractivity contribution in [3.63, 3.8) is 0 Å². The number of hydrogen-bond donors (Lipinski definition) is 0. The number of benzene rings is 1. The molecule has 1 aromatic rings. The fraction of sp³-hybridized carbons (Fsp3) is 0.696. The summed E-state index contributed by atoms with van der Waals surface area (Å²) >= 11 is 0. The van der Waals surface area contributed by atoms with Crippen molar-refractivity contribution in [2.75, 3.05) is 46.4 Å². The molecule has 1 saturated carbocycles. The van der Waals surface area contributed by atoms with Crippen LogP contribution in [-0.2, 0) is 17.8 Å². The number of piperazine rings is 1. The fourth-order valence-electron chi connectivity index (χ4n) is 4.84. The van der Waals surface area contributed by atoms with Gasteiger partial charge in [0.1, 0.15) is 5.75 Å². The molecule has 1 aromatic carbocycles. The van der Waals surface area contributed by atoms with Gasteiger partial charge < -0.3 is 9.64 Å². The first-order valence-corrected chi connectivity index (χ1v) is 11.0. The molecule has 0 bridgehead atoms. The van der Waals surface area contributed by atoms with E-state index in [1.54, 1.807) is 0 Å². The molecule has 2 fully saturated rings.